The Bertz CT molecular complexity index is 684. The van der Waals surface area contributed by atoms with Gasteiger partial charge in [-0.15, -0.1) is 0 Å². The fourth-order valence-electron chi connectivity index (χ4n) is 2.80. The van der Waals surface area contributed by atoms with Crippen molar-refractivity contribution in [1.82, 2.24) is 14.9 Å². The number of aryl methyl sites for hydroxylation is 2. The molecule has 1 amide bonds. The topological polar surface area (TPSA) is 56.1 Å². The second kappa shape index (κ2) is 5.15. The van der Waals surface area contributed by atoms with Gasteiger partial charge in [0.15, 0.2) is 0 Å². The molecule has 2 aromatic rings. The molecule has 3 rings (SSSR count). The first-order valence-electron chi connectivity index (χ1n) is 7.34. The van der Waals surface area contributed by atoms with Crippen LogP contribution in [0.3, 0.4) is 0 Å². The summed E-state index contributed by atoms with van der Waals surface area (Å²) >= 11 is 0. The zero-order valence-corrected chi connectivity index (χ0v) is 12.8. The first-order valence-corrected chi connectivity index (χ1v) is 7.34. The Morgan fingerprint density at radius 2 is 2.33 bits per heavy atom. The van der Waals surface area contributed by atoms with E-state index in [-0.39, 0.29) is 5.91 Å². The van der Waals surface area contributed by atoms with Crippen LogP contribution in [0.1, 0.15) is 31.2 Å². The van der Waals surface area contributed by atoms with E-state index in [4.69, 9.17) is 4.74 Å². The monoisotopic (exact) mass is 287 g/mol. The fraction of sp³-hybridized carbons (Fsp3) is 0.500. The molecular formula is C16H21N3O2. The third-order valence-corrected chi connectivity index (χ3v) is 4.32. The summed E-state index contributed by atoms with van der Waals surface area (Å²) in [5, 5.41) is 2.97. The second-order valence-corrected chi connectivity index (χ2v) is 5.91. The molecule has 1 aromatic heterocycles. The van der Waals surface area contributed by atoms with Gasteiger partial charge in [-0.05, 0) is 44.4 Å². The van der Waals surface area contributed by atoms with E-state index in [1.807, 2.05) is 39.1 Å². The van der Waals surface area contributed by atoms with Gasteiger partial charge in [0.2, 0.25) is 0 Å². The highest BCUT2D eigenvalue weighted by Gasteiger charge is 2.37. The van der Waals surface area contributed by atoms with Crippen molar-refractivity contribution >= 4 is 16.9 Å². The highest BCUT2D eigenvalue weighted by atomic mass is 16.5. The van der Waals surface area contributed by atoms with Gasteiger partial charge in [0.1, 0.15) is 11.4 Å². The Morgan fingerprint density at radius 1 is 1.52 bits per heavy atom. The van der Waals surface area contributed by atoms with E-state index in [0.29, 0.717) is 13.2 Å². The lowest BCUT2D eigenvalue weighted by atomic mass is 10.0. The van der Waals surface area contributed by atoms with Gasteiger partial charge in [-0.1, -0.05) is 6.07 Å². The summed E-state index contributed by atoms with van der Waals surface area (Å²) in [6, 6.07) is 6.10. The largest absolute Gasteiger partial charge is 0.365 e. The molecule has 5 nitrogen and oxygen atoms in total. The first kappa shape index (κ1) is 14.1. The molecule has 0 bridgehead atoms. The number of rotatable bonds is 3. The molecule has 1 saturated heterocycles. The van der Waals surface area contributed by atoms with Gasteiger partial charge in [-0.2, -0.15) is 0 Å². The molecule has 1 aromatic carbocycles. The average molecular weight is 287 g/mol. The van der Waals surface area contributed by atoms with E-state index < -0.39 is 5.60 Å². The van der Waals surface area contributed by atoms with Crippen LogP contribution in [-0.4, -0.2) is 27.7 Å². The molecule has 2 heterocycles. The van der Waals surface area contributed by atoms with E-state index in [2.05, 4.69) is 14.9 Å². The maximum Gasteiger partial charge on any atom is 0.252 e. The molecule has 1 atom stereocenters. The summed E-state index contributed by atoms with van der Waals surface area (Å²) in [7, 11) is 2.00. The predicted octanol–water partition coefficient (Wildman–Crippen LogP) is 2.07. The number of aromatic nitrogens is 2. The van der Waals surface area contributed by atoms with Gasteiger partial charge in [-0.25, -0.2) is 4.98 Å². The Hall–Kier alpha value is -1.88. The van der Waals surface area contributed by atoms with Crippen LogP contribution in [0.5, 0.6) is 0 Å². The van der Waals surface area contributed by atoms with Crippen molar-refractivity contribution < 1.29 is 9.53 Å². The minimum atomic E-state index is -0.661. The number of nitrogens with zero attached hydrogens (tertiary/aromatic N) is 2. The van der Waals surface area contributed by atoms with Gasteiger partial charge in [0.25, 0.3) is 5.91 Å². The predicted molar refractivity (Wildman–Crippen MR) is 80.9 cm³/mol. The number of fused-ring (bicyclic) bond motifs is 1. The smallest absolute Gasteiger partial charge is 0.252 e. The van der Waals surface area contributed by atoms with Crippen LogP contribution in [0.2, 0.25) is 0 Å². The number of benzene rings is 1. The van der Waals surface area contributed by atoms with Crippen LogP contribution >= 0.6 is 0 Å². The molecular weight excluding hydrogens is 266 g/mol. The number of carbonyl (C=O) groups excluding carboxylic acids is 1. The molecule has 0 spiro atoms. The van der Waals surface area contributed by atoms with Crippen molar-refractivity contribution in [1.29, 1.82) is 0 Å². The van der Waals surface area contributed by atoms with Crippen LogP contribution in [0.4, 0.5) is 0 Å². The summed E-state index contributed by atoms with van der Waals surface area (Å²) in [5.41, 5.74) is 2.46. The van der Waals surface area contributed by atoms with E-state index >= 15 is 0 Å². The van der Waals surface area contributed by atoms with Gasteiger partial charge in [0, 0.05) is 20.2 Å². The fourth-order valence-corrected chi connectivity index (χ4v) is 2.80. The lowest BCUT2D eigenvalue weighted by Crippen LogP contribution is -2.43. The van der Waals surface area contributed by atoms with E-state index in [0.717, 1.165) is 35.3 Å². The van der Waals surface area contributed by atoms with Gasteiger partial charge < -0.3 is 14.6 Å². The Labute approximate surface area is 124 Å². The number of ether oxygens (including phenoxy) is 1. The maximum atomic E-state index is 12.2. The Kier molecular flexibility index (Phi) is 3.45. The third kappa shape index (κ3) is 2.53. The molecule has 112 valence electrons. The second-order valence-electron chi connectivity index (χ2n) is 5.91. The van der Waals surface area contributed by atoms with Gasteiger partial charge in [-0.3, -0.25) is 4.79 Å². The minimum absolute atomic E-state index is 0.0303. The van der Waals surface area contributed by atoms with Crippen molar-refractivity contribution in [2.75, 3.05) is 6.61 Å². The SMILES string of the molecule is Cc1nc2cc(CNC(=O)C3(C)CCCO3)ccc2n1C. The van der Waals surface area contributed by atoms with Crippen molar-refractivity contribution in [2.45, 2.75) is 38.8 Å². The van der Waals surface area contributed by atoms with Crippen LogP contribution in [-0.2, 0) is 23.1 Å². The summed E-state index contributed by atoms with van der Waals surface area (Å²) in [5.74, 6) is 0.954. The molecule has 1 aliphatic rings. The normalized spacial score (nSPS) is 21.9. The standard InChI is InChI=1S/C16H21N3O2/c1-11-18-13-9-12(5-6-14(13)19(11)3)10-17-15(20)16(2)7-4-8-21-16/h5-6,9H,4,7-8,10H2,1-3H3,(H,17,20). The highest BCUT2D eigenvalue weighted by molar-refractivity contribution is 5.85. The summed E-state index contributed by atoms with van der Waals surface area (Å²) in [6.07, 6.45) is 1.74. The molecule has 1 N–H and O–H groups in total. The number of carbonyl (C=O) groups is 1. The number of nitrogens with one attached hydrogen (secondary N) is 1. The zero-order valence-electron chi connectivity index (χ0n) is 12.8. The number of hydrogen-bond donors (Lipinski definition) is 1. The molecule has 5 heteroatoms. The zero-order chi connectivity index (χ0) is 15.0. The molecule has 0 radical (unpaired) electrons. The molecule has 21 heavy (non-hydrogen) atoms. The van der Waals surface area contributed by atoms with Crippen molar-refractivity contribution in [2.24, 2.45) is 7.05 Å². The minimum Gasteiger partial charge on any atom is -0.365 e. The third-order valence-electron chi connectivity index (χ3n) is 4.32. The first-order chi connectivity index (χ1) is 9.99. The summed E-state index contributed by atoms with van der Waals surface area (Å²) in [6.45, 7) is 5.02. The van der Waals surface area contributed by atoms with E-state index in [9.17, 15) is 4.79 Å². The average Bonchev–Trinajstić information content (AvgIpc) is 3.02. The molecule has 0 aliphatic carbocycles. The lowest BCUT2D eigenvalue weighted by Gasteiger charge is -2.21. The van der Waals surface area contributed by atoms with Gasteiger partial charge in [0.05, 0.1) is 11.0 Å². The quantitative estimate of drug-likeness (QED) is 0.940. The Morgan fingerprint density at radius 3 is 3.05 bits per heavy atom. The number of amides is 1. The highest BCUT2D eigenvalue weighted by Crippen LogP contribution is 2.25. The molecule has 0 saturated carbocycles. The van der Waals surface area contributed by atoms with E-state index in [1.54, 1.807) is 0 Å². The summed E-state index contributed by atoms with van der Waals surface area (Å²) < 4.78 is 7.61. The van der Waals surface area contributed by atoms with E-state index in [1.165, 1.54) is 0 Å². The molecule has 1 fully saturated rings. The van der Waals surface area contributed by atoms with Gasteiger partial charge >= 0.3 is 0 Å². The van der Waals surface area contributed by atoms with Crippen LogP contribution < -0.4 is 5.32 Å². The summed E-state index contributed by atoms with van der Waals surface area (Å²) in [4.78, 5) is 16.7. The van der Waals surface area contributed by atoms with Crippen LogP contribution in [0.15, 0.2) is 18.2 Å². The number of hydrogen-bond acceptors (Lipinski definition) is 3. The number of imidazole rings is 1. The van der Waals surface area contributed by atoms with Crippen LogP contribution in [0, 0.1) is 6.92 Å². The van der Waals surface area contributed by atoms with Crippen molar-refractivity contribution in [3.63, 3.8) is 0 Å². The molecule has 1 aliphatic heterocycles. The molecule has 1 unspecified atom stereocenters. The Balaban J connectivity index is 1.72. The lowest BCUT2D eigenvalue weighted by molar-refractivity contribution is -0.139. The van der Waals surface area contributed by atoms with Crippen LogP contribution in [0.25, 0.3) is 11.0 Å². The van der Waals surface area contributed by atoms with Crippen molar-refractivity contribution in [3.8, 4) is 0 Å². The maximum absolute atomic E-state index is 12.2. The van der Waals surface area contributed by atoms with Crippen molar-refractivity contribution in [3.05, 3.63) is 29.6 Å².